The van der Waals surface area contributed by atoms with Crippen molar-refractivity contribution in [3.63, 3.8) is 0 Å². The fourth-order valence-electron chi connectivity index (χ4n) is 16.5. The Balaban J connectivity index is 1.22. The molecule has 8 rings (SSSR count). The van der Waals surface area contributed by atoms with Crippen LogP contribution in [0.2, 0.25) is 0 Å². The lowest BCUT2D eigenvalue weighted by atomic mass is 9.84. The molecule has 1 saturated carbocycles. The quantitative estimate of drug-likeness (QED) is 0.0344. The van der Waals surface area contributed by atoms with Crippen molar-refractivity contribution in [3.05, 3.63) is 156 Å². The number of benzene rings is 4. The number of carboxylic acids is 2. The third kappa shape index (κ3) is 34.5. The number of amides is 16. The van der Waals surface area contributed by atoms with Crippen LogP contribution in [0.4, 0.5) is 0 Å². The molecule has 2 fully saturated rings. The van der Waals surface area contributed by atoms with Gasteiger partial charge in [-0.15, -0.1) is 11.8 Å². The molecule has 41 nitrogen and oxygen atoms in total. The highest BCUT2D eigenvalue weighted by Crippen LogP contribution is 2.29. The summed E-state index contributed by atoms with van der Waals surface area (Å²) in [7, 11) is 1.29. The maximum atomic E-state index is 15.5. The van der Waals surface area contributed by atoms with Crippen molar-refractivity contribution in [3.8, 4) is 16.9 Å². The van der Waals surface area contributed by atoms with Crippen LogP contribution in [0, 0.1) is 29.6 Å². The molecule has 1 aliphatic heterocycles. The average molecular weight is 1980 g/mol. The van der Waals surface area contributed by atoms with E-state index in [0.717, 1.165) is 42.2 Å². The van der Waals surface area contributed by atoms with Crippen LogP contribution in [0.25, 0.3) is 22.0 Å². The Labute approximate surface area is 822 Å². The fourth-order valence-corrected chi connectivity index (χ4v) is 17.3. The molecule has 16 amide bonds. The maximum absolute atomic E-state index is 15.5. The predicted molar refractivity (Wildman–Crippen MR) is 523 cm³/mol. The molecule has 23 N–H and O–H groups in total. The second-order valence-corrected chi connectivity index (χ2v) is 38.2. The van der Waals surface area contributed by atoms with E-state index in [1.54, 1.807) is 96.3 Å². The van der Waals surface area contributed by atoms with E-state index < -0.39 is 252 Å². The number of aromatic amines is 1. The van der Waals surface area contributed by atoms with Crippen molar-refractivity contribution in [1.29, 1.82) is 0 Å². The Kier molecular flexibility index (Phi) is 43.5. The van der Waals surface area contributed by atoms with Gasteiger partial charge in [-0.25, -0.2) is 4.79 Å². The van der Waals surface area contributed by atoms with Crippen LogP contribution in [0.1, 0.15) is 162 Å². The monoisotopic (exact) mass is 1970 g/mol. The number of nitrogens with two attached hydrogens (primary N) is 2. The van der Waals surface area contributed by atoms with Crippen molar-refractivity contribution in [1.82, 2.24) is 89.3 Å². The van der Waals surface area contributed by atoms with Gasteiger partial charge in [-0.3, -0.25) is 86.5 Å². The normalized spacial score (nSPS) is 24.1. The van der Waals surface area contributed by atoms with Gasteiger partial charge in [-0.1, -0.05) is 179 Å². The number of para-hydroxylation sites is 1. The number of aliphatic hydroxyl groups is 1. The molecule has 17 atom stereocenters. The summed E-state index contributed by atoms with van der Waals surface area (Å²) in [5.41, 5.74) is 15.3. The summed E-state index contributed by atoms with van der Waals surface area (Å²) in [6.07, 6.45) is 2.46. The third-order valence-corrected chi connectivity index (χ3v) is 25.9. The number of hydrogen-bond acceptors (Lipinski definition) is 23. The number of H-pyrrole nitrogens is 1. The van der Waals surface area contributed by atoms with Gasteiger partial charge in [0.15, 0.2) is 0 Å². The zero-order valence-corrected chi connectivity index (χ0v) is 82.0. The summed E-state index contributed by atoms with van der Waals surface area (Å²) in [6.45, 7) is 15.3. The predicted octanol–water partition coefficient (Wildman–Crippen LogP) is 1.13. The molecule has 0 radical (unpaired) electrons. The number of nitrogens with one attached hydrogen (secondary N) is 15. The molecule has 0 spiro atoms. The number of thioether (sulfide) groups is 1. The van der Waals surface area contributed by atoms with Crippen LogP contribution in [0.5, 0.6) is 5.75 Å². The first kappa shape index (κ1) is 112. The lowest BCUT2D eigenvalue weighted by molar-refractivity contribution is -0.143. The van der Waals surface area contributed by atoms with Crippen molar-refractivity contribution >= 4 is 129 Å². The Bertz CT molecular complexity index is 5340. The van der Waals surface area contributed by atoms with Crippen LogP contribution in [0.3, 0.4) is 0 Å². The zero-order chi connectivity index (χ0) is 104. The van der Waals surface area contributed by atoms with Crippen molar-refractivity contribution < 1.29 is 107 Å². The highest BCUT2D eigenvalue weighted by atomic mass is 32.2. The van der Waals surface area contributed by atoms with Crippen LogP contribution in [-0.2, 0) is 112 Å². The average Bonchev–Trinajstić information content (AvgIpc) is 1.73. The van der Waals surface area contributed by atoms with Gasteiger partial charge in [0.1, 0.15) is 96.4 Å². The molecule has 4 aromatic carbocycles. The van der Waals surface area contributed by atoms with E-state index in [1.165, 1.54) is 76.6 Å². The summed E-state index contributed by atoms with van der Waals surface area (Å²) in [6, 6.07) is 6.53. The smallest absolute Gasteiger partial charge is 0.326 e. The number of phenols is 1. The number of primary amides is 1. The molecule has 3 heterocycles. The number of carbonyl (C=O) groups excluding carboxylic acids is 16. The number of aliphatic carboxylic acids is 2. The van der Waals surface area contributed by atoms with Gasteiger partial charge in [-0.05, 0) is 133 Å². The standard InChI is InChI=1S/C99H135N19O22S/c1-12-55(8)83-98(138)118(11)56(9)85(125)106-69(41-52(2)3)86(126)110-75(47-78(101)121)89(129)108-72(42-58-21-15-13-16-22-58)91(131)115-82(54(6)7)96(136)117-84(57(10)119)97(137)113-77(94(134)105-68(35-38-100)99(139)140)50-141-51-79(122)104-70(45-61-36-39-102-40-37-61)87(127)107-71(44-60-29-33-65(120)34-30-60)88(128)111-76(48-80(123)124)90(130)109-74(46-64-49-103-67-26-20-19-25-66(64)67)93(133)114-81(53(4)5)95(135)112-73(92(132)116-83)43-59-27-31-63(32-28-59)62-23-17-14-18-24-62/h14,17-20,23-34,36-37,39-40,49,52-58,68-77,81-84,103,119-120H,12-13,15-16,21-22,35,38,41-48,50-51,100H2,1-11H3,(H2,101,121)(H,104,122)(H,105,134)(H,106,125)(H,107,127)(H,108,129)(H,109,130)(H,110,126)(H,111,128)(H,112,135)(H,113,137)(H,114,133)(H,115,131)(H,116,132)(H,117,136)(H,123,124)(H,139,140)/t55?,56-,57?,68-,69+,70-,71-,72-,73-,74-,75-,76-,77?,81-,82-,83-,84-/m0/s1. The number of aromatic hydroxyl groups is 1. The molecule has 3 unspecified atom stereocenters. The largest absolute Gasteiger partial charge is 0.508 e. The lowest BCUT2D eigenvalue weighted by Crippen LogP contribution is -2.63. The molecular weight excluding hydrogens is 1840 g/mol. The first-order valence-corrected chi connectivity index (χ1v) is 48.6. The second-order valence-electron chi connectivity index (χ2n) is 37.2. The number of aliphatic hydroxyl groups excluding tert-OH is 1. The van der Waals surface area contributed by atoms with Gasteiger partial charge in [-0.2, -0.15) is 0 Å². The number of carboxylic acid groups (broad SMARTS) is 2. The molecule has 42 heteroatoms. The first-order chi connectivity index (χ1) is 66.9. The van der Waals surface area contributed by atoms with Gasteiger partial charge in [0.2, 0.25) is 94.5 Å². The number of nitrogens with zero attached hydrogens (tertiary/aromatic N) is 2. The highest BCUT2D eigenvalue weighted by Gasteiger charge is 2.43. The van der Waals surface area contributed by atoms with Gasteiger partial charge in [0.05, 0.1) is 24.7 Å². The third-order valence-electron chi connectivity index (χ3n) is 24.9. The number of hydrogen-bond donors (Lipinski definition) is 21. The number of likely N-dealkylation sites (N-methyl/N-ethyl adjacent to an activating group) is 1. The topological polar surface area (TPSA) is 641 Å². The highest BCUT2D eigenvalue weighted by molar-refractivity contribution is 8.00. The summed E-state index contributed by atoms with van der Waals surface area (Å²) in [5.74, 6) is -24.3. The van der Waals surface area contributed by atoms with Crippen molar-refractivity contribution in [2.75, 3.05) is 25.1 Å². The van der Waals surface area contributed by atoms with Gasteiger partial charge >= 0.3 is 11.9 Å². The molecule has 1 saturated heterocycles. The first-order valence-electron chi connectivity index (χ1n) is 47.5. The number of fused-ring (bicyclic) bond motifs is 1. The SMILES string of the molecule is CCC(C)[C@@H]1NC(=O)[C@H](Cc2ccc(-c3ccccc3)cc2)NC(=O)[C@H](C(C)C)NC(=O)[C@H](Cc2c[nH]c3ccccc23)NC(=O)[C@H](CC(=O)O)NC(=O)[C@H](Cc2ccc(O)cc2)NC(=O)[C@H](Cc2ccncc2)NC(=O)CSCC(C(=O)N[C@@H](CCN)C(=O)O)NC(=O)[C@H](C(C)O)NC(=O)[C@H](C(C)C)NC(=O)[C@H](CC2CCCCC2)NC(=O)[C@H](CC(N)=O)NC(=O)[C@@H](CC(C)C)NC(=O)[C@H](C)N(C)C1=O. The van der Waals surface area contributed by atoms with Gasteiger partial charge in [0, 0.05) is 68.0 Å². The van der Waals surface area contributed by atoms with Crippen molar-refractivity contribution in [2.24, 2.45) is 41.1 Å². The number of pyridine rings is 1. The fraction of sp³-hybridized carbons (Fsp3) is 0.505. The molecule has 6 aromatic rings. The molecule has 1 aliphatic carbocycles. The summed E-state index contributed by atoms with van der Waals surface area (Å²) < 4.78 is 0. The van der Waals surface area contributed by atoms with Gasteiger partial charge in [0.25, 0.3) is 0 Å². The van der Waals surface area contributed by atoms with Gasteiger partial charge < -0.3 is 116 Å². The molecular formula is C99H135N19O22S. The number of phenolic OH excluding ortho intramolecular Hbond substituents is 1. The van der Waals surface area contributed by atoms with E-state index in [4.69, 9.17) is 11.5 Å². The molecule has 0 bridgehead atoms. The Hall–Kier alpha value is -13.9. The summed E-state index contributed by atoms with van der Waals surface area (Å²) >= 11 is 0.659. The minimum Gasteiger partial charge on any atom is -0.508 e. The van der Waals surface area contributed by atoms with Crippen LogP contribution >= 0.6 is 11.8 Å². The molecule has 2 aliphatic rings. The zero-order valence-electron chi connectivity index (χ0n) is 81.1. The number of aromatic nitrogens is 2. The molecule has 2 aromatic heterocycles. The lowest BCUT2D eigenvalue weighted by Gasteiger charge is -2.33. The van der Waals surface area contributed by atoms with E-state index in [2.05, 4.69) is 84.4 Å². The Morgan fingerprint density at radius 2 is 0.957 bits per heavy atom. The van der Waals surface area contributed by atoms with E-state index in [9.17, 15) is 73.2 Å². The molecule has 764 valence electrons. The maximum Gasteiger partial charge on any atom is 0.326 e. The van der Waals surface area contributed by atoms with Crippen LogP contribution in [-0.4, -0.2) is 264 Å². The minimum absolute atomic E-state index is 0.0440. The van der Waals surface area contributed by atoms with E-state index >= 15 is 33.6 Å². The van der Waals surface area contributed by atoms with E-state index in [0.29, 0.717) is 52.2 Å². The molecule has 141 heavy (non-hydrogen) atoms. The van der Waals surface area contributed by atoms with E-state index in [1.807, 2.05) is 30.3 Å². The van der Waals surface area contributed by atoms with Crippen molar-refractivity contribution in [2.45, 2.75) is 262 Å². The summed E-state index contributed by atoms with van der Waals surface area (Å²) in [5, 5.41) is 79.4. The Morgan fingerprint density at radius 1 is 0.504 bits per heavy atom. The van der Waals surface area contributed by atoms with Crippen LogP contribution < -0.4 is 85.9 Å². The Morgan fingerprint density at radius 3 is 1.50 bits per heavy atom. The summed E-state index contributed by atoms with van der Waals surface area (Å²) in [4.78, 5) is 272. The second kappa shape index (κ2) is 54.6. The van der Waals surface area contributed by atoms with E-state index in [-0.39, 0.29) is 74.6 Å². The minimum atomic E-state index is -2.09. The number of carbonyl (C=O) groups is 18. The number of rotatable bonds is 27. The van der Waals surface area contributed by atoms with Crippen LogP contribution in [0.15, 0.2) is 134 Å².